The Hall–Kier alpha value is -0.680. The maximum absolute atomic E-state index is 10.9. The molecule has 1 rings (SSSR count). The van der Waals surface area contributed by atoms with E-state index in [1.165, 1.54) is 11.3 Å². The summed E-state index contributed by atoms with van der Waals surface area (Å²) in [5.41, 5.74) is 0. The standard InChI is InChI=1S/C10H14O3S2/c1-3-7-6-8(13-4-5-14-2)9(15-7)10(11)12/h6H,3-5H2,1-2H3,(H,11,12). The van der Waals surface area contributed by atoms with Crippen molar-refractivity contribution in [1.29, 1.82) is 0 Å². The second kappa shape index (κ2) is 6.02. The second-order valence-corrected chi connectivity index (χ2v) is 5.03. The minimum atomic E-state index is -0.904. The van der Waals surface area contributed by atoms with Crippen LogP contribution in [0.15, 0.2) is 6.07 Å². The maximum Gasteiger partial charge on any atom is 0.349 e. The Balaban J connectivity index is 2.75. The summed E-state index contributed by atoms with van der Waals surface area (Å²) in [7, 11) is 0. The molecule has 0 aliphatic rings. The van der Waals surface area contributed by atoms with Crippen LogP contribution in [0.4, 0.5) is 0 Å². The lowest BCUT2D eigenvalue weighted by Gasteiger charge is -2.02. The molecule has 15 heavy (non-hydrogen) atoms. The first-order chi connectivity index (χ1) is 7.19. The molecular formula is C10H14O3S2. The van der Waals surface area contributed by atoms with E-state index in [-0.39, 0.29) is 0 Å². The summed E-state index contributed by atoms with van der Waals surface area (Å²) < 4.78 is 5.43. The van der Waals surface area contributed by atoms with E-state index in [4.69, 9.17) is 9.84 Å². The summed E-state index contributed by atoms with van der Waals surface area (Å²) >= 11 is 2.97. The Labute approximate surface area is 97.5 Å². The van der Waals surface area contributed by atoms with E-state index >= 15 is 0 Å². The number of aryl methyl sites for hydroxylation is 1. The summed E-state index contributed by atoms with van der Waals surface area (Å²) in [6, 6.07) is 1.83. The Morgan fingerprint density at radius 3 is 2.93 bits per heavy atom. The molecule has 1 heterocycles. The summed E-state index contributed by atoms with van der Waals surface area (Å²) in [4.78, 5) is 12.3. The molecule has 5 heteroatoms. The number of carboxylic acid groups (broad SMARTS) is 1. The molecule has 0 radical (unpaired) electrons. The Morgan fingerprint density at radius 1 is 1.67 bits per heavy atom. The van der Waals surface area contributed by atoms with Crippen LogP contribution in [0.25, 0.3) is 0 Å². The van der Waals surface area contributed by atoms with Gasteiger partial charge in [0.1, 0.15) is 5.75 Å². The summed E-state index contributed by atoms with van der Waals surface area (Å²) in [5.74, 6) is 0.480. The predicted molar refractivity (Wildman–Crippen MR) is 64.5 cm³/mol. The highest BCUT2D eigenvalue weighted by molar-refractivity contribution is 7.98. The zero-order chi connectivity index (χ0) is 11.3. The molecule has 1 aromatic rings. The van der Waals surface area contributed by atoms with Crippen LogP contribution >= 0.6 is 23.1 Å². The van der Waals surface area contributed by atoms with Gasteiger partial charge in [-0.05, 0) is 18.7 Å². The normalized spacial score (nSPS) is 10.3. The molecule has 84 valence electrons. The first-order valence-corrected chi connectivity index (χ1v) is 6.87. The van der Waals surface area contributed by atoms with E-state index in [1.807, 2.05) is 19.2 Å². The fourth-order valence-corrected chi connectivity index (χ4v) is 2.22. The molecule has 0 aromatic carbocycles. The molecule has 0 unspecified atom stereocenters. The monoisotopic (exact) mass is 246 g/mol. The third kappa shape index (κ3) is 3.43. The summed E-state index contributed by atoms with van der Waals surface area (Å²) in [5, 5.41) is 8.96. The van der Waals surface area contributed by atoms with Crippen molar-refractivity contribution < 1.29 is 14.6 Å². The van der Waals surface area contributed by atoms with Crippen molar-refractivity contribution in [3.63, 3.8) is 0 Å². The average Bonchev–Trinajstić information content (AvgIpc) is 2.62. The number of ether oxygens (including phenoxy) is 1. The lowest BCUT2D eigenvalue weighted by atomic mass is 10.3. The second-order valence-electron chi connectivity index (χ2n) is 2.91. The van der Waals surface area contributed by atoms with Crippen molar-refractivity contribution in [3.05, 3.63) is 15.8 Å². The zero-order valence-electron chi connectivity index (χ0n) is 8.78. The summed E-state index contributed by atoms with van der Waals surface area (Å²) in [6.07, 6.45) is 2.84. The Bertz CT molecular complexity index is 333. The molecule has 0 spiro atoms. The molecule has 3 nitrogen and oxygen atoms in total. The number of rotatable bonds is 6. The number of aromatic carboxylic acids is 1. The molecule has 0 aliphatic heterocycles. The molecule has 0 atom stereocenters. The number of carboxylic acids is 1. The number of carbonyl (C=O) groups is 1. The molecular weight excluding hydrogens is 232 g/mol. The quantitative estimate of drug-likeness (QED) is 0.784. The van der Waals surface area contributed by atoms with E-state index in [1.54, 1.807) is 11.8 Å². The third-order valence-electron chi connectivity index (χ3n) is 1.84. The van der Waals surface area contributed by atoms with Crippen molar-refractivity contribution in [1.82, 2.24) is 0 Å². The van der Waals surface area contributed by atoms with Crippen LogP contribution < -0.4 is 4.74 Å². The van der Waals surface area contributed by atoms with Gasteiger partial charge < -0.3 is 9.84 Å². The van der Waals surface area contributed by atoms with Gasteiger partial charge in [-0.15, -0.1) is 11.3 Å². The first-order valence-electron chi connectivity index (χ1n) is 4.66. The van der Waals surface area contributed by atoms with Gasteiger partial charge in [0.15, 0.2) is 4.88 Å². The van der Waals surface area contributed by atoms with Crippen LogP contribution in [0, 0.1) is 0 Å². The van der Waals surface area contributed by atoms with Crippen LogP contribution in [-0.4, -0.2) is 29.7 Å². The van der Waals surface area contributed by atoms with E-state index in [9.17, 15) is 4.79 Å². The van der Waals surface area contributed by atoms with Gasteiger partial charge in [-0.25, -0.2) is 4.79 Å². The Morgan fingerprint density at radius 2 is 2.40 bits per heavy atom. The maximum atomic E-state index is 10.9. The van der Waals surface area contributed by atoms with Gasteiger partial charge in [0, 0.05) is 10.6 Å². The van der Waals surface area contributed by atoms with Crippen LogP contribution in [0.2, 0.25) is 0 Å². The molecule has 1 N–H and O–H groups in total. The highest BCUT2D eigenvalue weighted by Gasteiger charge is 2.15. The molecule has 0 bridgehead atoms. The van der Waals surface area contributed by atoms with Crippen LogP contribution in [0.5, 0.6) is 5.75 Å². The van der Waals surface area contributed by atoms with Crippen molar-refractivity contribution in [2.45, 2.75) is 13.3 Å². The SMILES string of the molecule is CCc1cc(OCCSC)c(C(=O)O)s1. The van der Waals surface area contributed by atoms with Crippen molar-refractivity contribution >= 4 is 29.1 Å². The van der Waals surface area contributed by atoms with E-state index in [2.05, 4.69) is 0 Å². The van der Waals surface area contributed by atoms with Crippen molar-refractivity contribution in [3.8, 4) is 5.75 Å². The lowest BCUT2D eigenvalue weighted by molar-refractivity contribution is 0.0698. The van der Waals surface area contributed by atoms with Gasteiger partial charge in [-0.2, -0.15) is 11.8 Å². The van der Waals surface area contributed by atoms with Crippen LogP contribution in [0.3, 0.4) is 0 Å². The highest BCUT2D eigenvalue weighted by Crippen LogP contribution is 2.29. The van der Waals surface area contributed by atoms with Crippen LogP contribution in [0.1, 0.15) is 21.5 Å². The van der Waals surface area contributed by atoms with Crippen LogP contribution in [-0.2, 0) is 6.42 Å². The fourth-order valence-electron chi connectivity index (χ4n) is 1.09. The topological polar surface area (TPSA) is 46.5 Å². The van der Waals surface area contributed by atoms with Gasteiger partial charge in [0.05, 0.1) is 6.61 Å². The minimum absolute atomic E-state index is 0.313. The molecule has 0 saturated carbocycles. The molecule has 0 saturated heterocycles. The Kier molecular flexibility index (Phi) is 4.98. The number of thiophene rings is 1. The highest BCUT2D eigenvalue weighted by atomic mass is 32.2. The molecule has 0 aliphatic carbocycles. The van der Waals surface area contributed by atoms with E-state index in [0.717, 1.165) is 17.1 Å². The average molecular weight is 246 g/mol. The first kappa shape index (κ1) is 12.4. The van der Waals surface area contributed by atoms with E-state index in [0.29, 0.717) is 17.2 Å². The van der Waals surface area contributed by atoms with Gasteiger partial charge in [0.2, 0.25) is 0 Å². The van der Waals surface area contributed by atoms with Gasteiger partial charge in [-0.1, -0.05) is 6.92 Å². The largest absolute Gasteiger partial charge is 0.491 e. The van der Waals surface area contributed by atoms with E-state index < -0.39 is 5.97 Å². The summed E-state index contributed by atoms with van der Waals surface area (Å²) in [6.45, 7) is 2.56. The number of hydrogen-bond donors (Lipinski definition) is 1. The van der Waals surface area contributed by atoms with Crippen molar-refractivity contribution in [2.75, 3.05) is 18.6 Å². The molecule has 0 fully saturated rings. The lowest BCUT2D eigenvalue weighted by Crippen LogP contribution is -2.02. The predicted octanol–water partition coefficient (Wildman–Crippen LogP) is 2.75. The minimum Gasteiger partial charge on any atom is -0.491 e. The van der Waals surface area contributed by atoms with Gasteiger partial charge >= 0.3 is 5.97 Å². The zero-order valence-corrected chi connectivity index (χ0v) is 10.4. The fraction of sp³-hybridized carbons (Fsp3) is 0.500. The molecule has 1 aromatic heterocycles. The molecule has 0 amide bonds. The number of hydrogen-bond acceptors (Lipinski definition) is 4. The van der Waals surface area contributed by atoms with Gasteiger partial charge in [-0.3, -0.25) is 0 Å². The third-order valence-corrected chi connectivity index (χ3v) is 3.66. The number of thioether (sulfide) groups is 1. The smallest absolute Gasteiger partial charge is 0.349 e. The van der Waals surface area contributed by atoms with Crippen molar-refractivity contribution in [2.24, 2.45) is 0 Å². The van der Waals surface area contributed by atoms with Gasteiger partial charge in [0.25, 0.3) is 0 Å².